The SMILES string of the molecule is C[C@H](NP(=O)(N[C@@H](C)c1ccccc1)C1C(=O)N(C)c2ccccc2[C@H]1c1ccccc1)c1ccccc1. The summed E-state index contributed by atoms with van der Waals surface area (Å²) < 4.78 is 15.4. The number of carbonyl (C=O) groups excluding carboxylic acids is 1. The van der Waals surface area contributed by atoms with Gasteiger partial charge >= 0.3 is 0 Å². The molecular weight excluding hydrogens is 489 g/mol. The lowest BCUT2D eigenvalue weighted by Gasteiger charge is -2.43. The minimum Gasteiger partial charge on any atom is -0.314 e. The molecule has 0 radical (unpaired) electrons. The third-order valence-corrected chi connectivity index (χ3v) is 10.3. The number of rotatable bonds is 8. The highest BCUT2D eigenvalue weighted by Gasteiger charge is 2.51. The van der Waals surface area contributed by atoms with E-state index in [0.717, 1.165) is 27.9 Å². The van der Waals surface area contributed by atoms with E-state index in [1.54, 1.807) is 11.9 Å². The molecule has 1 aliphatic heterocycles. The summed E-state index contributed by atoms with van der Waals surface area (Å²) in [4.78, 5) is 15.9. The monoisotopic (exact) mass is 523 g/mol. The molecule has 5 rings (SSSR count). The van der Waals surface area contributed by atoms with Crippen molar-refractivity contribution in [2.24, 2.45) is 0 Å². The van der Waals surface area contributed by atoms with Crippen molar-refractivity contribution in [3.8, 4) is 0 Å². The maximum Gasteiger partial charge on any atom is 0.240 e. The van der Waals surface area contributed by atoms with Crippen LogP contribution in [-0.4, -0.2) is 18.6 Å². The van der Waals surface area contributed by atoms with E-state index in [9.17, 15) is 4.79 Å². The van der Waals surface area contributed by atoms with Crippen LogP contribution in [0.15, 0.2) is 115 Å². The predicted molar refractivity (Wildman–Crippen MR) is 156 cm³/mol. The minimum absolute atomic E-state index is 0.165. The van der Waals surface area contributed by atoms with E-state index in [0.29, 0.717) is 0 Å². The number of fused-ring (bicyclic) bond motifs is 1. The van der Waals surface area contributed by atoms with Crippen LogP contribution < -0.4 is 15.1 Å². The smallest absolute Gasteiger partial charge is 0.240 e. The topological polar surface area (TPSA) is 61.4 Å². The second-order valence-corrected chi connectivity index (χ2v) is 12.4. The summed E-state index contributed by atoms with van der Waals surface area (Å²) >= 11 is 0. The molecular formula is C32H34N3O2P. The average Bonchev–Trinajstić information content (AvgIpc) is 2.96. The Morgan fingerprint density at radius 2 is 1.13 bits per heavy atom. The zero-order valence-electron chi connectivity index (χ0n) is 22.0. The molecule has 4 aromatic carbocycles. The fourth-order valence-corrected chi connectivity index (χ4v) is 8.56. The molecule has 1 aliphatic rings. The van der Waals surface area contributed by atoms with Gasteiger partial charge in [0.15, 0.2) is 0 Å². The Bertz CT molecular complexity index is 1380. The number of hydrogen-bond donors (Lipinski definition) is 2. The van der Waals surface area contributed by atoms with Gasteiger partial charge in [0.1, 0.15) is 5.66 Å². The van der Waals surface area contributed by atoms with Crippen molar-refractivity contribution in [3.05, 3.63) is 138 Å². The number of nitrogens with zero attached hydrogens (tertiary/aromatic N) is 1. The Labute approximate surface area is 225 Å². The fraction of sp³-hybridized carbons (Fsp3) is 0.219. The Hall–Kier alpha value is -3.50. The van der Waals surface area contributed by atoms with Crippen molar-refractivity contribution in [1.82, 2.24) is 10.2 Å². The molecule has 0 fully saturated rings. The largest absolute Gasteiger partial charge is 0.314 e. The van der Waals surface area contributed by atoms with Gasteiger partial charge in [-0.3, -0.25) is 9.36 Å². The molecule has 2 N–H and O–H groups in total. The van der Waals surface area contributed by atoms with Gasteiger partial charge in [-0.1, -0.05) is 109 Å². The molecule has 0 spiro atoms. The lowest BCUT2D eigenvalue weighted by atomic mass is 9.83. The van der Waals surface area contributed by atoms with Crippen LogP contribution in [-0.2, 0) is 9.36 Å². The summed E-state index contributed by atoms with van der Waals surface area (Å²) in [5.74, 6) is -0.547. The van der Waals surface area contributed by atoms with Crippen LogP contribution in [0.2, 0.25) is 0 Å². The fourth-order valence-electron chi connectivity index (χ4n) is 5.48. The molecule has 38 heavy (non-hydrogen) atoms. The van der Waals surface area contributed by atoms with Gasteiger partial charge in [0.25, 0.3) is 0 Å². The Kier molecular flexibility index (Phi) is 7.62. The van der Waals surface area contributed by atoms with Crippen LogP contribution in [0.25, 0.3) is 0 Å². The number of nitrogens with one attached hydrogen (secondary N) is 2. The summed E-state index contributed by atoms with van der Waals surface area (Å²) in [5, 5.41) is 6.92. The molecule has 0 aliphatic carbocycles. The van der Waals surface area contributed by atoms with E-state index in [2.05, 4.69) is 16.2 Å². The van der Waals surface area contributed by atoms with Crippen molar-refractivity contribution >= 4 is 19.0 Å². The van der Waals surface area contributed by atoms with Gasteiger partial charge in [-0.2, -0.15) is 0 Å². The maximum absolute atomic E-state index is 15.4. The highest BCUT2D eigenvalue weighted by molar-refractivity contribution is 7.61. The molecule has 5 nitrogen and oxygen atoms in total. The molecule has 0 saturated carbocycles. The Balaban J connectivity index is 1.65. The number of anilines is 1. The lowest BCUT2D eigenvalue weighted by Crippen LogP contribution is -2.49. The predicted octanol–water partition coefficient (Wildman–Crippen LogP) is 7.06. The van der Waals surface area contributed by atoms with Gasteiger partial charge < -0.3 is 4.90 Å². The summed E-state index contributed by atoms with van der Waals surface area (Å²) in [5.41, 5.74) is 3.98. The van der Waals surface area contributed by atoms with Crippen LogP contribution in [0.4, 0.5) is 5.69 Å². The molecule has 4 atom stereocenters. The van der Waals surface area contributed by atoms with Gasteiger partial charge in [-0.05, 0) is 42.2 Å². The molecule has 0 saturated heterocycles. The van der Waals surface area contributed by atoms with Crippen molar-refractivity contribution < 1.29 is 9.36 Å². The first-order valence-corrected chi connectivity index (χ1v) is 14.8. The van der Waals surface area contributed by atoms with Crippen molar-refractivity contribution in [2.75, 3.05) is 11.9 Å². The maximum atomic E-state index is 15.4. The molecule has 0 bridgehead atoms. The highest BCUT2D eigenvalue weighted by Crippen LogP contribution is 2.57. The van der Waals surface area contributed by atoms with Gasteiger partial charge in [0.05, 0.1) is 0 Å². The van der Waals surface area contributed by atoms with Crippen molar-refractivity contribution in [2.45, 2.75) is 37.5 Å². The Morgan fingerprint density at radius 1 is 0.684 bits per heavy atom. The third-order valence-electron chi connectivity index (χ3n) is 7.45. The van der Waals surface area contributed by atoms with Crippen LogP contribution in [0.1, 0.15) is 54.1 Å². The molecule has 0 aromatic heterocycles. The molecule has 6 heteroatoms. The number of amides is 1. The van der Waals surface area contributed by atoms with Crippen LogP contribution in [0, 0.1) is 0 Å². The normalized spacial score (nSPS) is 19.0. The average molecular weight is 524 g/mol. The molecule has 1 unspecified atom stereocenters. The first-order chi connectivity index (χ1) is 18.4. The zero-order valence-corrected chi connectivity index (χ0v) is 22.9. The van der Waals surface area contributed by atoms with E-state index in [4.69, 9.17) is 0 Å². The highest BCUT2D eigenvalue weighted by atomic mass is 31.2. The lowest BCUT2D eigenvalue weighted by molar-refractivity contribution is -0.118. The summed E-state index contributed by atoms with van der Waals surface area (Å²) in [7, 11) is -1.82. The van der Waals surface area contributed by atoms with Gasteiger partial charge in [-0.15, -0.1) is 0 Å². The van der Waals surface area contributed by atoms with E-state index >= 15 is 4.57 Å². The second-order valence-electron chi connectivity index (χ2n) is 9.97. The number of carbonyl (C=O) groups is 1. The second kappa shape index (κ2) is 11.1. The molecule has 1 heterocycles. The Morgan fingerprint density at radius 3 is 1.66 bits per heavy atom. The van der Waals surface area contributed by atoms with E-state index in [1.165, 1.54) is 0 Å². The number of para-hydroxylation sites is 1. The number of hydrogen-bond acceptors (Lipinski definition) is 2. The first-order valence-electron chi connectivity index (χ1n) is 13.1. The standard InChI is InChI=1S/C32H34N3O2P/c1-23(25-15-7-4-8-16-25)33-38(37,34-24(2)26-17-9-5-10-18-26)31-30(27-19-11-6-12-20-27)28-21-13-14-22-29(28)35(3)32(31)36/h4-24,30-31H,1-3H3,(H2,33,34,37)/t23-,24-,30+,31?/m0/s1. The molecule has 194 valence electrons. The zero-order chi connectivity index (χ0) is 26.7. The summed E-state index contributed by atoms with van der Waals surface area (Å²) in [6.07, 6.45) is 0. The van der Waals surface area contributed by atoms with Gasteiger partial charge in [-0.25, -0.2) is 10.2 Å². The number of benzene rings is 4. The van der Waals surface area contributed by atoms with Gasteiger partial charge in [0, 0.05) is 30.7 Å². The summed E-state index contributed by atoms with van der Waals surface area (Å²) in [6.45, 7) is 4.00. The van der Waals surface area contributed by atoms with E-state index in [1.807, 2.05) is 123 Å². The summed E-state index contributed by atoms with van der Waals surface area (Å²) in [6, 6.07) is 37.3. The molecule has 1 amide bonds. The molecule has 4 aromatic rings. The third kappa shape index (κ3) is 5.10. The van der Waals surface area contributed by atoms with Crippen molar-refractivity contribution in [1.29, 1.82) is 0 Å². The van der Waals surface area contributed by atoms with Gasteiger partial charge in [0.2, 0.25) is 13.4 Å². The van der Waals surface area contributed by atoms with E-state index < -0.39 is 13.1 Å². The van der Waals surface area contributed by atoms with Crippen LogP contribution in [0.5, 0.6) is 0 Å². The van der Waals surface area contributed by atoms with E-state index in [-0.39, 0.29) is 23.9 Å². The van der Waals surface area contributed by atoms with Crippen LogP contribution in [0.3, 0.4) is 0 Å². The van der Waals surface area contributed by atoms with Crippen LogP contribution >= 0.6 is 7.44 Å². The van der Waals surface area contributed by atoms with Crippen molar-refractivity contribution in [3.63, 3.8) is 0 Å². The first kappa shape index (κ1) is 26.1. The minimum atomic E-state index is -3.60. The quantitative estimate of drug-likeness (QED) is 0.243.